The molecule has 2 amide bonds. The van der Waals surface area contributed by atoms with Crippen molar-refractivity contribution in [2.45, 2.75) is 12.8 Å². The van der Waals surface area contributed by atoms with Crippen LogP contribution in [-0.4, -0.2) is 55.4 Å². The van der Waals surface area contributed by atoms with E-state index in [-0.39, 0.29) is 18.2 Å². The second-order valence-corrected chi connectivity index (χ2v) is 4.96. The van der Waals surface area contributed by atoms with Crippen molar-refractivity contribution < 1.29 is 9.59 Å². The number of amides is 2. The standard InChI is InChI=1S/C10H21N3O2S/c1-13(2)6-8-16-7-4-10(15)12-5-3-9(11)14/h3-8H2,1-2H3,(H2,11,14)(H,12,15). The zero-order valence-corrected chi connectivity index (χ0v) is 10.8. The molecule has 6 heteroatoms. The van der Waals surface area contributed by atoms with E-state index < -0.39 is 0 Å². The maximum absolute atomic E-state index is 11.2. The molecule has 94 valence electrons. The molecule has 0 aromatic heterocycles. The first-order valence-electron chi connectivity index (χ1n) is 5.30. The van der Waals surface area contributed by atoms with Crippen molar-refractivity contribution >= 4 is 23.6 Å². The number of carbonyl (C=O) groups is 2. The van der Waals surface area contributed by atoms with Gasteiger partial charge in [-0.15, -0.1) is 0 Å². The van der Waals surface area contributed by atoms with Crippen LogP contribution in [0.5, 0.6) is 0 Å². The van der Waals surface area contributed by atoms with Crippen molar-refractivity contribution in [2.24, 2.45) is 5.73 Å². The largest absolute Gasteiger partial charge is 0.370 e. The molecule has 3 N–H and O–H groups in total. The van der Waals surface area contributed by atoms with E-state index in [0.29, 0.717) is 13.0 Å². The number of nitrogens with one attached hydrogen (secondary N) is 1. The fraction of sp³-hybridized carbons (Fsp3) is 0.800. The monoisotopic (exact) mass is 247 g/mol. The number of rotatable bonds is 9. The van der Waals surface area contributed by atoms with Crippen molar-refractivity contribution in [1.82, 2.24) is 10.2 Å². The smallest absolute Gasteiger partial charge is 0.220 e. The lowest BCUT2D eigenvalue weighted by Crippen LogP contribution is -2.28. The van der Waals surface area contributed by atoms with E-state index in [1.54, 1.807) is 11.8 Å². The minimum atomic E-state index is -0.388. The highest BCUT2D eigenvalue weighted by Crippen LogP contribution is 2.02. The minimum Gasteiger partial charge on any atom is -0.370 e. The Morgan fingerprint density at radius 3 is 2.50 bits per heavy atom. The van der Waals surface area contributed by atoms with Crippen LogP contribution in [0.2, 0.25) is 0 Å². The van der Waals surface area contributed by atoms with Crippen LogP contribution in [0.3, 0.4) is 0 Å². The summed E-state index contributed by atoms with van der Waals surface area (Å²) in [6, 6.07) is 0. The highest BCUT2D eigenvalue weighted by molar-refractivity contribution is 7.99. The second kappa shape index (κ2) is 9.47. The molecule has 0 unspecified atom stereocenters. The van der Waals surface area contributed by atoms with Gasteiger partial charge in [0.2, 0.25) is 11.8 Å². The molecule has 0 aliphatic heterocycles. The second-order valence-electron chi connectivity index (χ2n) is 3.73. The van der Waals surface area contributed by atoms with Gasteiger partial charge in [0, 0.05) is 37.4 Å². The molecular formula is C10H21N3O2S. The van der Waals surface area contributed by atoms with Gasteiger partial charge in [-0.25, -0.2) is 0 Å². The normalized spacial score (nSPS) is 10.4. The van der Waals surface area contributed by atoms with E-state index in [9.17, 15) is 9.59 Å². The van der Waals surface area contributed by atoms with E-state index in [1.807, 2.05) is 14.1 Å². The molecule has 0 aliphatic rings. The first kappa shape index (κ1) is 15.2. The molecule has 0 bridgehead atoms. The molecule has 0 saturated heterocycles. The van der Waals surface area contributed by atoms with Crippen molar-refractivity contribution in [3.8, 4) is 0 Å². The molecule has 16 heavy (non-hydrogen) atoms. The SMILES string of the molecule is CN(C)CCSCCC(=O)NCCC(N)=O. The van der Waals surface area contributed by atoms with Gasteiger partial charge in [-0.05, 0) is 14.1 Å². The summed E-state index contributed by atoms with van der Waals surface area (Å²) in [4.78, 5) is 23.8. The van der Waals surface area contributed by atoms with Crippen molar-refractivity contribution in [1.29, 1.82) is 0 Å². The average Bonchev–Trinajstić information content (AvgIpc) is 2.16. The molecule has 0 radical (unpaired) electrons. The maximum atomic E-state index is 11.2. The van der Waals surface area contributed by atoms with E-state index in [2.05, 4.69) is 10.2 Å². The summed E-state index contributed by atoms with van der Waals surface area (Å²) in [5.74, 6) is 1.44. The Hall–Kier alpha value is -0.750. The van der Waals surface area contributed by atoms with E-state index in [1.165, 1.54) is 0 Å². The highest BCUT2D eigenvalue weighted by atomic mass is 32.2. The molecule has 0 rings (SSSR count). The zero-order chi connectivity index (χ0) is 12.4. The Kier molecular flexibility index (Phi) is 9.03. The van der Waals surface area contributed by atoms with Gasteiger partial charge in [0.15, 0.2) is 0 Å². The Morgan fingerprint density at radius 1 is 1.25 bits per heavy atom. The van der Waals surface area contributed by atoms with E-state index in [0.717, 1.165) is 18.1 Å². The third kappa shape index (κ3) is 11.3. The number of primary amides is 1. The summed E-state index contributed by atoms with van der Waals surface area (Å²) >= 11 is 1.76. The number of hydrogen-bond acceptors (Lipinski definition) is 4. The van der Waals surface area contributed by atoms with Crippen LogP contribution in [0, 0.1) is 0 Å². The van der Waals surface area contributed by atoms with Crippen molar-refractivity contribution in [3.63, 3.8) is 0 Å². The zero-order valence-electron chi connectivity index (χ0n) is 9.99. The topological polar surface area (TPSA) is 75.4 Å². The van der Waals surface area contributed by atoms with Crippen molar-refractivity contribution in [3.05, 3.63) is 0 Å². The molecule has 0 atom stereocenters. The van der Waals surface area contributed by atoms with E-state index in [4.69, 9.17) is 5.73 Å². The van der Waals surface area contributed by atoms with E-state index >= 15 is 0 Å². The Morgan fingerprint density at radius 2 is 1.94 bits per heavy atom. The molecular weight excluding hydrogens is 226 g/mol. The molecule has 5 nitrogen and oxygen atoms in total. The van der Waals surface area contributed by atoms with Gasteiger partial charge in [-0.1, -0.05) is 0 Å². The van der Waals surface area contributed by atoms with Gasteiger partial charge in [0.1, 0.15) is 0 Å². The lowest BCUT2D eigenvalue weighted by molar-refractivity contribution is -0.121. The van der Waals surface area contributed by atoms with Crippen LogP contribution in [0.1, 0.15) is 12.8 Å². The van der Waals surface area contributed by atoms with Crippen LogP contribution in [0.25, 0.3) is 0 Å². The summed E-state index contributed by atoms with van der Waals surface area (Å²) in [6.07, 6.45) is 0.705. The number of hydrogen-bond donors (Lipinski definition) is 2. The third-order valence-corrected chi connectivity index (χ3v) is 2.81. The lowest BCUT2D eigenvalue weighted by atomic mass is 10.4. The summed E-state index contributed by atoms with van der Waals surface area (Å²) in [7, 11) is 4.05. The summed E-state index contributed by atoms with van der Waals surface area (Å²) in [6.45, 7) is 1.37. The molecule has 0 fully saturated rings. The van der Waals surface area contributed by atoms with Gasteiger partial charge in [0.05, 0.1) is 0 Å². The highest BCUT2D eigenvalue weighted by Gasteiger charge is 2.01. The van der Waals surface area contributed by atoms with Crippen LogP contribution < -0.4 is 11.1 Å². The number of nitrogens with two attached hydrogens (primary N) is 1. The van der Waals surface area contributed by atoms with Gasteiger partial charge in [0.25, 0.3) is 0 Å². The number of thioether (sulfide) groups is 1. The van der Waals surface area contributed by atoms with Crippen LogP contribution in [-0.2, 0) is 9.59 Å². The Bertz CT molecular complexity index is 222. The minimum absolute atomic E-state index is 0.0152. The average molecular weight is 247 g/mol. The van der Waals surface area contributed by atoms with Gasteiger partial charge < -0.3 is 16.0 Å². The lowest BCUT2D eigenvalue weighted by Gasteiger charge is -2.08. The number of carbonyl (C=O) groups excluding carboxylic acids is 2. The van der Waals surface area contributed by atoms with Gasteiger partial charge in [-0.2, -0.15) is 11.8 Å². The first-order chi connectivity index (χ1) is 7.52. The molecule has 0 saturated carbocycles. The first-order valence-corrected chi connectivity index (χ1v) is 6.45. The van der Waals surface area contributed by atoms with Crippen LogP contribution >= 0.6 is 11.8 Å². The summed E-state index contributed by atoms with van der Waals surface area (Å²) < 4.78 is 0. The quantitative estimate of drug-likeness (QED) is 0.547. The maximum Gasteiger partial charge on any atom is 0.220 e. The van der Waals surface area contributed by atoms with Crippen LogP contribution in [0.15, 0.2) is 0 Å². The predicted octanol–water partition coefficient (Wildman–Crippen LogP) is -0.337. The molecule has 0 aromatic rings. The molecule has 0 aromatic carbocycles. The Balaban J connectivity index is 3.27. The predicted molar refractivity (Wildman–Crippen MR) is 67.3 cm³/mol. The Labute approximate surface area is 101 Å². The molecule has 0 heterocycles. The van der Waals surface area contributed by atoms with Gasteiger partial charge in [-0.3, -0.25) is 9.59 Å². The molecule has 0 spiro atoms. The summed E-state index contributed by atoms with van der Waals surface area (Å²) in [5, 5.41) is 2.65. The summed E-state index contributed by atoms with van der Waals surface area (Å²) in [5.41, 5.74) is 4.95. The van der Waals surface area contributed by atoms with Crippen LogP contribution in [0.4, 0.5) is 0 Å². The fourth-order valence-corrected chi connectivity index (χ4v) is 1.96. The number of nitrogens with zero attached hydrogens (tertiary/aromatic N) is 1. The third-order valence-electron chi connectivity index (χ3n) is 1.85. The van der Waals surface area contributed by atoms with Crippen molar-refractivity contribution in [2.75, 3.05) is 38.7 Å². The fourth-order valence-electron chi connectivity index (χ4n) is 0.928. The van der Waals surface area contributed by atoms with Gasteiger partial charge >= 0.3 is 0 Å². The molecule has 0 aliphatic carbocycles.